The number of amides is 1. The quantitative estimate of drug-likeness (QED) is 0.0458. The third kappa shape index (κ3) is 4.93. The highest BCUT2D eigenvalue weighted by molar-refractivity contribution is 8.00. The summed E-state index contributed by atoms with van der Waals surface area (Å²) in [5.74, 6) is -2.50. The van der Waals surface area contributed by atoms with Crippen LogP contribution in [0.3, 0.4) is 0 Å². The van der Waals surface area contributed by atoms with Crippen LogP contribution in [0.4, 0.5) is 15.2 Å². The van der Waals surface area contributed by atoms with Crippen molar-refractivity contribution in [2.24, 2.45) is 0 Å². The van der Waals surface area contributed by atoms with Gasteiger partial charge in [0, 0.05) is 24.1 Å². The topological polar surface area (TPSA) is 144 Å². The fourth-order valence-corrected chi connectivity index (χ4v) is 6.76. The first kappa shape index (κ1) is 28.2. The van der Waals surface area contributed by atoms with Gasteiger partial charge in [-0.3, -0.25) is 24.6 Å². The zero-order valence-corrected chi connectivity index (χ0v) is 24.2. The number of anilines is 1. The number of nitro groups is 1. The number of aryl methyl sites for hydroxylation is 2. The smallest absolute Gasteiger partial charge is 0.301 e. The van der Waals surface area contributed by atoms with Gasteiger partial charge in [-0.1, -0.05) is 47.4 Å². The zero-order valence-electron chi connectivity index (χ0n) is 22.6. The van der Waals surface area contributed by atoms with Gasteiger partial charge in [0.2, 0.25) is 5.13 Å². The summed E-state index contributed by atoms with van der Waals surface area (Å²) in [5.41, 5.74) is 2.46. The van der Waals surface area contributed by atoms with E-state index in [9.17, 15) is 29.2 Å². The highest BCUT2D eigenvalue weighted by Gasteiger charge is 2.49. The molecule has 1 unspecified atom stereocenters. The molecule has 1 atom stereocenters. The Hall–Kier alpha value is -4.95. The number of hydrogen-bond donors (Lipinski definition) is 1. The highest BCUT2D eigenvalue weighted by Crippen LogP contribution is 2.44. The Morgan fingerprint density at radius 3 is 2.53 bits per heavy atom. The van der Waals surface area contributed by atoms with Crippen LogP contribution < -0.4 is 4.90 Å². The maximum absolute atomic E-state index is 14.1. The number of fused-ring (bicyclic) bond motifs is 1. The van der Waals surface area contributed by atoms with Crippen LogP contribution in [-0.4, -0.2) is 41.3 Å². The number of ketones is 1. The Bertz CT molecular complexity index is 1970. The minimum Gasteiger partial charge on any atom is -0.505 e. The van der Waals surface area contributed by atoms with E-state index in [2.05, 4.69) is 15.2 Å². The van der Waals surface area contributed by atoms with Crippen LogP contribution in [0.1, 0.15) is 34.1 Å². The summed E-state index contributed by atoms with van der Waals surface area (Å²) in [6.07, 6.45) is 1.77. The first-order valence-corrected chi connectivity index (χ1v) is 14.7. The van der Waals surface area contributed by atoms with Crippen LogP contribution in [0, 0.1) is 29.8 Å². The number of aromatic nitrogens is 4. The van der Waals surface area contributed by atoms with Crippen LogP contribution in [0.15, 0.2) is 76.8 Å². The molecule has 1 N–H and O–H groups in total. The SMILES string of the molecule is Cc1cccn2c(C)c(/C(O)=C3\C(=O)C(=O)N(c4nnc(SCc5ccccc5F)s4)C3c3ccc([N+](=O)[O-])cc3)nc12. The third-order valence-electron chi connectivity index (χ3n) is 7.08. The van der Waals surface area contributed by atoms with E-state index in [-0.39, 0.29) is 33.7 Å². The summed E-state index contributed by atoms with van der Waals surface area (Å²) < 4.78 is 16.3. The van der Waals surface area contributed by atoms with E-state index >= 15 is 0 Å². The molecule has 1 amide bonds. The largest absolute Gasteiger partial charge is 0.505 e. The van der Waals surface area contributed by atoms with Crippen molar-refractivity contribution in [1.29, 1.82) is 0 Å². The number of aliphatic hydroxyl groups is 1. The van der Waals surface area contributed by atoms with Crippen LogP contribution >= 0.6 is 23.1 Å². The van der Waals surface area contributed by atoms with E-state index in [1.54, 1.807) is 35.7 Å². The van der Waals surface area contributed by atoms with Crippen molar-refractivity contribution < 1.29 is 24.0 Å². The van der Waals surface area contributed by atoms with E-state index < -0.39 is 28.4 Å². The van der Waals surface area contributed by atoms with Gasteiger partial charge >= 0.3 is 5.91 Å². The predicted molar refractivity (Wildman–Crippen MR) is 158 cm³/mol. The van der Waals surface area contributed by atoms with Crippen molar-refractivity contribution in [3.8, 4) is 0 Å². The van der Waals surface area contributed by atoms with Gasteiger partial charge in [-0.15, -0.1) is 10.2 Å². The number of halogens is 1. The average molecular weight is 617 g/mol. The number of rotatable bonds is 7. The molecule has 1 aliphatic rings. The van der Waals surface area contributed by atoms with Crippen molar-refractivity contribution in [3.63, 3.8) is 0 Å². The Morgan fingerprint density at radius 1 is 1.09 bits per heavy atom. The van der Waals surface area contributed by atoms with Gasteiger partial charge < -0.3 is 9.51 Å². The lowest BCUT2D eigenvalue weighted by molar-refractivity contribution is -0.384. The monoisotopic (exact) mass is 616 g/mol. The lowest BCUT2D eigenvalue weighted by Gasteiger charge is -2.22. The second-order valence-electron chi connectivity index (χ2n) is 9.68. The summed E-state index contributed by atoms with van der Waals surface area (Å²) in [4.78, 5) is 43.5. The van der Waals surface area contributed by atoms with Crippen LogP contribution in [0.2, 0.25) is 0 Å². The van der Waals surface area contributed by atoms with Crippen molar-refractivity contribution in [2.75, 3.05) is 4.90 Å². The molecule has 14 heteroatoms. The van der Waals surface area contributed by atoms with Gasteiger partial charge in [-0.05, 0) is 54.8 Å². The van der Waals surface area contributed by atoms with Crippen molar-refractivity contribution in [3.05, 3.63) is 116 Å². The van der Waals surface area contributed by atoms with Crippen LogP contribution in [0.25, 0.3) is 11.4 Å². The lowest BCUT2D eigenvalue weighted by atomic mass is 9.96. The Balaban J connectivity index is 1.45. The molecule has 0 radical (unpaired) electrons. The summed E-state index contributed by atoms with van der Waals surface area (Å²) >= 11 is 2.24. The van der Waals surface area contributed by atoms with Crippen LogP contribution in [0.5, 0.6) is 0 Å². The number of imidazole rings is 1. The average Bonchev–Trinajstić information content (AvgIpc) is 3.67. The predicted octanol–water partition coefficient (Wildman–Crippen LogP) is 5.77. The molecule has 216 valence electrons. The number of carbonyl (C=O) groups excluding carboxylic acids is 2. The molecule has 0 aliphatic carbocycles. The number of Topliss-reactive ketones (excluding diaryl/α,β-unsaturated/α-hetero) is 1. The summed E-state index contributed by atoms with van der Waals surface area (Å²) in [7, 11) is 0. The minimum absolute atomic E-state index is 0.0723. The zero-order chi connectivity index (χ0) is 30.4. The summed E-state index contributed by atoms with van der Waals surface area (Å²) in [6.45, 7) is 3.59. The van der Waals surface area contributed by atoms with Gasteiger partial charge in [0.1, 0.15) is 17.2 Å². The number of nitrogens with zero attached hydrogens (tertiary/aromatic N) is 6. The van der Waals surface area contributed by atoms with E-state index in [0.29, 0.717) is 26.8 Å². The second kappa shape index (κ2) is 11.0. The Kier molecular flexibility index (Phi) is 7.23. The van der Waals surface area contributed by atoms with Gasteiger partial charge in [0.15, 0.2) is 10.1 Å². The van der Waals surface area contributed by atoms with Crippen molar-refractivity contribution >= 4 is 57.0 Å². The molecule has 0 spiro atoms. The second-order valence-corrected chi connectivity index (χ2v) is 11.9. The van der Waals surface area contributed by atoms with Crippen molar-refractivity contribution in [2.45, 2.75) is 30.0 Å². The normalized spacial score (nSPS) is 16.3. The number of nitro benzene ring substituents is 1. The Morgan fingerprint density at radius 2 is 1.84 bits per heavy atom. The molecule has 11 nitrogen and oxygen atoms in total. The molecule has 4 heterocycles. The molecule has 43 heavy (non-hydrogen) atoms. The van der Waals surface area contributed by atoms with Gasteiger partial charge in [0.05, 0.1) is 22.2 Å². The molecule has 5 aromatic rings. The number of aliphatic hydroxyl groups excluding tert-OH is 1. The lowest BCUT2D eigenvalue weighted by Crippen LogP contribution is -2.29. The van der Waals surface area contributed by atoms with E-state index in [1.165, 1.54) is 42.1 Å². The van der Waals surface area contributed by atoms with Crippen LogP contribution in [-0.2, 0) is 15.3 Å². The molecule has 1 fully saturated rings. The van der Waals surface area contributed by atoms with Gasteiger partial charge in [0.25, 0.3) is 11.5 Å². The number of benzene rings is 2. The number of hydrogen-bond acceptors (Lipinski definition) is 10. The number of thioether (sulfide) groups is 1. The van der Waals surface area contributed by atoms with Gasteiger partial charge in [-0.2, -0.15) is 0 Å². The van der Waals surface area contributed by atoms with Crippen molar-refractivity contribution in [1.82, 2.24) is 19.6 Å². The third-order valence-corrected chi connectivity index (χ3v) is 9.19. The molecule has 6 rings (SSSR count). The fourth-order valence-electron chi connectivity index (χ4n) is 4.91. The molecule has 2 aromatic carbocycles. The minimum atomic E-state index is -1.18. The standard InChI is InChI=1S/C29H21FN6O5S2/c1-15-6-5-13-34-16(2)22(31-26(15)34)24(37)21-23(17-9-11-19(12-10-17)36(40)41)35(27(39)25(21)38)28-32-33-29(43-28)42-14-18-7-3-4-8-20(18)30/h3-13,23,37H,14H2,1-2H3/b24-21+. The summed E-state index contributed by atoms with van der Waals surface area (Å²) in [5, 5.41) is 31.2. The number of non-ortho nitro benzene ring substituents is 1. The van der Waals surface area contributed by atoms with E-state index in [4.69, 9.17) is 0 Å². The summed E-state index contributed by atoms with van der Waals surface area (Å²) in [6, 6.07) is 14.2. The maximum Gasteiger partial charge on any atom is 0.301 e. The molecule has 1 aliphatic heterocycles. The van der Waals surface area contributed by atoms with E-state index in [0.717, 1.165) is 21.8 Å². The molecular formula is C29H21FN6O5S2. The number of pyridine rings is 1. The molecular weight excluding hydrogens is 595 g/mol. The van der Waals surface area contributed by atoms with Gasteiger partial charge in [-0.25, -0.2) is 9.37 Å². The molecule has 0 bridgehead atoms. The fraction of sp³-hybridized carbons (Fsp3) is 0.138. The first-order chi connectivity index (χ1) is 20.7. The maximum atomic E-state index is 14.1. The Labute approximate surface area is 251 Å². The first-order valence-electron chi connectivity index (χ1n) is 12.9. The van der Waals surface area contributed by atoms with E-state index in [1.807, 2.05) is 19.1 Å². The molecule has 3 aromatic heterocycles. The molecule has 0 saturated carbocycles. The highest BCUT2D eigenvalue weighted by atomic mass is 32.2. The number of carbonyl (C=O) groups is 2. The molecule has 1 saturated heterocycles.